The summed E-state index contributed by atoms with van der Waals surface area (Å²) in [5.74, 6) is -2.76. The molecule has 2 aromatic heterocycles. The number of nitrogens with zero attached hydrogens (tertiary/aromatic N) is 4. The van der Waals surface area contributed by atoms with Crippen LogP contribution in [0.5, 0.6) is 0 Å². The fourth-order valence-electron chi connectivity index (χ4n) is 4.28. The standard InChI is InChI=1S/C21H24F2N6O2/c1-12(30)25-16-7-15-14(9-24-16)21(4-5-21)11-29(15)18-8-17(26-13-3-6-31-10-13)27-19(28-18)20(2,22)23/h7-9,13H,3-6,10-11H2,1-2H3,(H,24,25,30)(H,26,27,28). The minimum Gasteiger partial charge on any atom is -0.379 e. The van der Waals surface area contributed by atoms with Crippen molar-refractivity contribution in [3.63, 3.8) is 0 Å². The van der Waals surface area contributed by atoms with E-state index in [2.05, 4.69) is 25.6 Å². The van der Waals surface area contributed by atoms with E-state index in [0.29, 0.717) is 37.2 Å². The molecule has 1 saturated heterocycles. The highest BCUT2D eigenvalue weighted by Crippen LogP contribution is 2.58. The molecule has 1 spiro atoms. The van der Waals surface area contributed by atoms with Gasteiger partial charge in [-0.2, -0.15) is 8.78 Å². The number of carbonyl (C=O) groups is 1. The second-order valence-corrected chi connectivity index (χ2v) is 8.66. The first-order valence-electron chi connectivity index (χ1n) is 10.4. The molecule has 2 aliphatic heterocycles. The van der Waals surface area contributed by atoms with Crippen molar-refractivity contribution in [3.8, 4) is 0 Å². The van der Waals surface area contributed by atoms with Crippen LogP contribution in [0.4, 0.5) is 31.9 Å². The van der Waals surface area contributed by atoms with Gasteiger partial charge in [0.25, 0.3) is 0 Å². The number of alkyl halides is 2. The van der Waals surface area contributed by atoms with Gasteiger partial charge in [-0.15, -0.1) is 0 Å². The molecule has 0 aromatic carbocycles. The van der Waals surface area contributed by atoms with Gasteiger partial charge in [-0.1, -0.05) is 0 Å². The lowest BCUT2D eigenvalue weighted by atomic mass is 10.0. The van der Waals surface area contributed by atoms with Gasteiger partial charge in [0.2, 0.25) is 11.7 Å². The first-order chi connectivity index (χ1) is 14.7. The predicted octanol–water partition coefficient (Wildman–Crippen LogP) is 3.33. The molecular formula is C21H24F2N6O2. The van der Waals surface area contributed by atoms with Gasteiger partial charge in [0.15, 0.2) is 0 Å². The van der Waals surface area contributed by atoms with Crippen molar-refractivity contribution in [1.29, 1.82) is 0 Å². The van der Waals surface area contributed by atoms with E-state index in [4.69, 9.17) is 4.74 Å². The number of anilines is 4. The van der Waals surface area contributed by atoms with Gasteiger partial charge in [0, 0.05) is 56.3 Å². The minimum absolute atomic E-state index is 0.0253. The molecular weight excluding hydrogens is 406 g/mol. The van der Waals surface area contributed by atoms with E-state index in [0.717, 1.165) is 37.4 Å². The van der Waals surface area contributed by atoms with Gasteiger partial charge in [-0.25, -0.2) is 15.0 Å². The summed E-state index contributed by atoms with van der Waals surface area (Å²) < 4.78 is 33.8. The molecule has 4 heterocycles. The summed E-state index contributed by atoms with van der Waals surface area (Å²) in [6.07, 6.45) is 4.58. The van der Waals surface area contributed by atoms with Crippen LogP contribution in [-0.2, 0) is 20.9 Å². The molecule has 164 valence electrons. The maximum atomic E-state index is 14.2. The Morgan fingerprint density at radius 2 is 2.10 bits per heavy atom. The van der Waals surface area contributed by atoms with Crippen molar-refractivity contribution >= 4 is 29.0 Å². The Bertz CT molecular complexity index is 1030. The molecule has 2 aromatic rings. The minimum atomic E-state index is -3.18. The summed E-state index contributed by atoms with van der Waals surface area (Å²) in [4.78, 5) is 26.1. The summed E-state index contributed by atoms with van der Waals surface area (Å²) in [6, 6.07) is 3.52. The first kappa shape index (κ1) is 20.0. The number of fused-ring (bicyclic) bond motifs is 2. The van der Waals surface area contributed by atoms with Crippen molar-refractivity contribution in [3.05, 3.63) is 29.7 Å². The van der Waals surface area contributed by atoms with Crippen LogP contribution in [0.2, 0.25) is 0 Å². The Labute approximate surface area is 178 Å². The van der Waals surface area contributed by atoms with Gasteiger partial charge in [-0.3, -0.25) is 4.79 Å². The average molecular weight is 430 g/mol. The molecule has 2 N–H and O–H groups in total. The lowest BCUT2D eigenvalue weighted by Crippen LogP contribution is -2.25. The van der Waals surface area contributed by atoms with Crippen LogP contribution in [0.15, 0.2) is 18.3 Å². The van der Waals surface area contributed by atoms with Crippen molar-refractivity contribution in [2.75, 3.05) is 35.3 Å². The number of halogens is 2. The van der Waals surface area contributed by atoms with Crippen LogP contribution < -0.4 is 15.5 Å². The molecule has 1 amide bonds. The summed E-state index contributed by atoms with van der Waals surface area (Å²) in [5.41, 5.74) is 1.85. The normalized spacial score (nSPS) is 21.3. The summed E-state index contributed by atoms with van der Waals surface area (Å²) >= 11 is 0. The number of hydrogen-bond acceptors (Lipinski definition) is 7. The van der Waals surface area contributed by atoms with E-state index in [1.165, 1.54) is 6.92 Å². The van der Waals surface area contributed by atoms with E-state index in [1.807, 2.05) is 4.90 Å². The number of nitrogens with one attached hydrogen (secondary N) is 2. The number of rotatable bonds is 5. The van der Waals surface area contributed by atoms with E-state index in [9.17, 15) is 13.6 Å². The highest BCUT2D eigenvalue weighted by atomic mass is 19.3. The second-order valence-electron chi connectivity index (χ2n) is 8.66. The first-order valence-corrected chi connectivity index (χ1v) is 10.4. The molecule has 5 rings (SSSR count). The van der Waals surface area contributed by atoms with E-state index < -0.39 is 11.7 Å². The molecule has 1 saturated carbocycles. The van der Waals surface area contributed by atoms with Crippen LogP contribution in [0.3, 0.4) is 0 Å². The zero-order valence-electron chi connectivity index (χ0n) is 17.4. The second kappa shape index (κ2) is 7.08. The largest absolute Gasteiger partial charge is 0.379 e. The fourth-order valence-corrected chi connectivity index (χ4v) is 4.28. The number of hydrogen-bond donors (Lipinski definition) is 2. The molecule has 10 heteroatoms. The predicted molar refractivity (Wildman–Crippen MR) is 111 cm³/mol. The molecule has 0 radical (unpaired) electrons. The number of ether oxygens (including phenoxy) is 1. The quantitative estimate of drug-likeness (QED) is 0.752. The van der Waals surface area contributed by atoms with E-state index in [1.54, 1.807) is 18.3 Å². The lowest BCUT2D eigenvalue weighted by Gasteiger charge is -2.22. The van der Waals surface area contributed by atoms with Crippen molar-refractivity contribution in [1.82, 2.24) is 15.0 Å². The number of aromatic nitrogens is 3. The van der Waals surface area contributed by atoms with Crippen LogP contribution in [0.25, 0.3) is 0 Å². The third kappa shape index (κ3) is 3.80. The number of carbonyl (C=O) groups excluding carboxylic acids is 1. The zero-order valence-corrected chi connectivity index (χ0v) is 17.4. The van der Waals surface area contributed by atoms with Crippen LogP contribution in [0.1, 0.15) is 44.5 Å². The molecule has 1 aliphatic carbocycles. The molecule has 0 bridgehead atoms. The van der Waals surface area contributed by atoms with Gasteiger partial charge >= 0.3 is 5.92 Å². The maximum Gasteiger partial charge on any atom is 0.303 e. The third-order valence-corrected chi connectivity index (χ3v) is 6.03. The summed E-state index contributed by atoms with van der Waals surface area (Å²) in [5, 5.41) is 5.90. The van der Waals surface area contributed by atoms with Gasteiger partial charge in [-0.05, 0) is 19.3 Å². The molecule has 1 atom stereocenters. The highest BCUT2D eigenvalue weighted by molar-refractivity contribution is 5.89. The Kier molecular flexibility index (Phi) is 4.58. The molecule has 1 unspecified atom stereocenters. The van der Waals surface area contributed by atoms with Crippen LogP contribution in [-0.4, -0.2) is 46.7 Å². The highest BCUT2D eigenvalue weighted by Gasteiger charge is 2.53. The van der Waals surface area contributed by atoms with E-state index in [-0.39, 0.29) is 17.4 Å². The molecule has 2 fully saturated rings. The monoisotopic (exact) mass is 430 g/mol. The average Bonchev–Trinajstić information content (AvgIpc) is 3.15. The number of amides is 1. The molecule has 31 heavy (non-hydrogen) atoms. The van der Waals surface area contributed by atoms with Gasteiger partial charge in [0.05, 0.1) is 18.3 Å². The summed E-state index contributed by atoms with van der Waals surface area (Å²) in [7, 11) is 0. The maximum absolute atomic E-state index is 14.2. The topological polar surface area (TPSA) is 92.3 Å². The summed E-state index contributed by atoms with van der Waals surface area (Å²) in [6.45, 7) is 3.99. The smallest absolute Gasteiger partial charge is 0.303 e. The number of pyridine rings is 1. The van der Waals surface area contributed by atoms with Crippen molar-refractivity contribution in [2.45, 2.75) is 50.5 Å². The Hall–Kier alpha value is -2.88. The van der Waals surface area contributed by atoms with Crippen LogP contribution in [0, 0.1) is 0 Å². The Morgan fingerprint density at radius 1 is 1.29 bits per heavy atom. The van der Waals surface area contributed by atoms with Gasteiger partial charge < -0.3 is 20.3 Å². The zero-order chi connectivity index (χ0) is 21.8. The van der Waals surface area contributed by atoms with Crippen LogP contribution >= 0.6 is 0 Å². The Balaban J connectivity index is 1.56. The lowest BCUT2D eigenvalue weighted by molar-refractivity contribution is -0.114. The third-order valence-electron chi connectivity index (χ3n) is 6.03. The Morgan fingerprint density at radius 3 is 2.74 bits per heavy atom. The SMILES string of the molecule is CC(=O)Nc1cc2c(cn1)C1(CC1)CN2c1cc(NC2CCOC2)nc(C(C)(F)F)n1. The van der Waals surface area contributed by atoms with Crippen molar-refractivity contribution < 1.29 is 18.3 Å². The fraction of sp³-hybridized carbons (Fsp3) is 0.524. The van der Waals surface area contributed by atoms with Gasteiger partial charge in [0.1, 0.15) is 17.5 Å². The molecule has 3 aliphatic rings. The van der Waals surface area contributed by atoms with E-state index >= 15 is 0 Å². The molecule has 8 nitrogen and oxygen atoms in total. The van der Waals surface area contributed by atoms with Crippen molar-refractivity contribution in [2.24, 2.45) is 0 Å².